The zero-order valence-corrected chi connectivity index (χ0v) is 13.6. The maximum Gasteiger partial charge on any atom is 0.243 e. The third-order valence-electron chi connectivity index (χ3n) is 4.26. The van der Waals surface area contributed by atoms with Crippen LogP contribution in [0.15, 0.2) is 65.8 Å². The van der Waals surface area contributed by atoms with E-state index in [2.05, 4.69) is 36.5 Å². The second-order valence-electron chi connectivity index (χ2n) is 6.35. The van der Waals surface area contributed by atoms with Crippen LogP contribution < -0.4 is 5.43 Å². The molecular formula is C20H22N2O. The minimum Gasteiger partial charge on any atom is -0.273 e. The summed E-state index contributed by atoms with van der Waals surface area (Å²) < 4.78 is 0. The van der Waals surface area contributed by atoms with Gasteiger partial charge in [-0.15, -0.1) is 0 Å². The normalized spacial score (nSPS) is 20.4. The Balaban J connectivity index is 1.66. The third kappa shape index (κ3) is 3.67. The van der Waals surface area contributed by atoms with Gasteiger partial charge in [0.2, 0.25) is 5.91 Å². The Labute approximate surface area is 137 Å². The molecule has 1 aliphatic carbocycles. The first kappa shape index (κ1) is 15.5. The zero-order valence-electron chi connectivity index (χ0n) is 13.6. The Morgan fingerprint density at radius 3 is 2.26 bits per heavy atom. The molecule has 1 aliphatic rings. The van der Waals surface area contributed by atoms with Crippen LogP contribution in [0.2, 0.25) is 0 Å². The number of benzene rings is 2. The lowest BCUT2D eigenvalue weighted by atomic mass is 10.0. The Kier molecular flexibility index (Phi) is 4.56. The van der Waals surface area contributed by atoms with Gasteiger partial charge in [-0.2, -0.15) is 5.10 Å². The molecule has 0 radical (unpaired) electrons. The van der Waals surface area contributed by atoms with E-state index in [0.717, 1.165) is 17.7 Å². The quantitative estimate of drug-likeness (QED) is 0.659. The average Bonchev–Trinajstić information content (AvgIpc) is 3.37. The van der Waals surface area contributed by atoms with Gasteiger partial charge in [0, 0.05) is 5.92 Å². The Bertz CT molecular complexity index is 692. The van der Waals surface area contributed by atoms with Gasteiger partial charge in [0.15, 0.2) is 0 Å². The fourth-order valence-electron chi connectivity index (χ4n) is 2.89. The zero-order chi connectivity index (χ0) is 16.2. The van der Waals surface area contributed by atoms with Crippen molar-refractivity contribution in [3.05, 3.63) is 71.8 Å². The number of nitrogens with zero attached hydrogens (tertiary/aromatic N) is 1. The molecule has 0 unspecified atom stereocenters. The molecule has 3 rings (SSSR count). The molecule has 23 heavy (non-hydrogen) atoms. The van der Waals surface area contributed by atoms with Crippen LogP contribution in [0.1, 0.15) is 37.3 Å². The first-order chi connectivity index (χ1) is 11.2. The van der Waals surface area contributed by atoms with Crippen molar-refractivity contribution in [2.75, 3.05) is 0 Å². The highest BCUT2D eigenvalue weighted by Crippen LogP contribution is 2.47. The number of amides is 1. The topological polar surface area (TPSA) is 41.5 Å². The van der Waals surface area contributed by atoms with Crippen molar-refractivity contribution in [3.8, 4) is 0 Å². The first-order valence-corrected chi connectivity index (χ1v) is 8.14. The minimum absolute atomic E-state index is 0.0212. The monoisotopic (exact) mass is 306 g/mol. The van der Waals surface area contributed by atoms with Crippen LogP contribution in [0, 0.1) is 11.8 Å². The van der Waals surface area contributed by atoms with Gasteiger partial charge in [0.1, 0.15) is 0 Å². The highest BCUT2D eigenvalue weighted by molar-refractivity contribution is 6.02. The first-order valence-electron chi connectivity index (χ1n) is 8.14. The van der Waals surface area contributed by atoms with Crippen LogP contribution in [0.25, 0.3) is 0 Å². The van der Waals surface area contributed by atoms with E-state index in [0.29, 0.717) is 5.92 Å². The summed E-state index contributed by atoms with van der Waals surface area (Å²) in [5.41, 5.74) is 5.98. The number of nitrogens with one attached hydrogen (secondary N) is 1. The summed E-state index contributed by atoms with van der Waals surface area (Å²) in [6, 6.07) is 20.2. The van der Waals surface area contributed by atoms with Gasteiger partial charge in [-0.05, 0) is 29.4 Å². The molecular weight excluding hydrogens is 284 g/mol. The molecule has 3 heteroatoms. The predicted molar refractivity (Wildman–Crippen MR) is 93.2 cm³/mol. The lowest BCUT2D eigenvalue weighted by Gasteiger charge is -2.10. The summed E-state index contributed by atoms with van der Waals surface area (Å²) in [7, 11) is 0. The van der Waals surface area contributed by atoms with E-state index in [4.69, 9.17) is 0 Å². The van der Waals surface area contributed by atoms with E-state index >= 15 is 0 Å². The number of rotatable bonds is 5. The molecule has 0 aromatic heterocycles. The summed E-state index contributed by atoms with van der Waals surface area (Å²) in [5, 5.41) is 4.40. The number of carbonyl (C=O) groups is 1. The molecule has 2 aromatic carbocycles. The molecule has 1 N–H and O–H groups in total. The van der Waals surface area contributed by atoms with Gasteiger partial charge in [-0.1, -0.05) is 74.5 Å². The van der Waals surface area contributed by atoms with Gasteiger partial charge in [-0.25, -0.2) is 5.43 Å². The van der Waals surface area contributed by atoms with E-state index in [9.17, 15) is 4.79 Å². The highest BCUT2D eigenvalue weighted by Gasteiger charge is 2.43. The maximum absolute atomic E-state index is 12.3. The van der Waals surface area contributed by atoms with E-state index in [-0.39, 0.29) is 17.7 Å². The van der Waals surface area contributed by atoms with Crippen LogP contribution in [0.3, 0.4) is 0 Å². The molecule has 2 aromatic rings. The molecule has 0 aliphatic heterocycles. The Morgan fingerprint density at radius 1 is 1.04 bits per heavy atom. The van der Waals surface area contributed by atoms with Crippen molar-refractivity contribution >= 4 is 11.6 Å². The van der Waals surface area contributed by atoms with E-state index < -0.39 is 0 Å². The molecule has 1 saturated carbocycles. The number of hydrazone groups is 1. The lowest BCUT2D eigenvalue weighted by Crippen LogP contribution is -2.24. The SMILES string of the molecule is CC(C)C(=NNC(=O)[C@@H]1C[C@@H]1c1ccccc1)c1ccccc1. The van der Waals surface area contributed by atoms with Gasteiger partial charge in [0.25, 0.3) is 0 Å². The molecule has 3 nitrogen and oxygen atoms in total. The van der Waals surface area contributed by atoms with Crippen molar-refractivity contribution in [1.29, 1.82) is 0 Å². The molecule has 0 saturated heterocycles. The Morgan fingerprint density at radius 2 is 1.65 bits per heavy atom. The third-order valence-corrected chi connectivity index (χ3v) is 4.26. The Hall–Kier alpha value is -2.42. The van der Waals surface area contributed by atoms with Crippen molar-refractivity contribution in [1.82, 2.24) is 5.43 Å². The van der Waals surface area contributed by atoms with Crippen molar-refractivity contribution < 1.29 is 4.79 Å². The summed E-state index contributed by atoms with van der Waals surface area (Å²) in [5.74, 6) is 0.658. The maximum atomic E-state index is 12.3. The largest absolute Gasteiger partial charge is 0.273 e. The van der Waals surface area contributed by atoms with Gasteiger partial charge in [0.05, 0.1) is 5.71 Å². The van der Waals surface area contributed by atoms with Crippen LogP contribution in [0.5, 0.6) is 0 Å². The smallest absolute Gasteiger partial charge is 0.243 e. The van der Waals surface area contributed by atoms with Crippen LogP contribution in [-0.2, 0) is 4.79 Å². The molecule has 2 atom stereocenters. The minimum atomic E-state index is 0.0212. The fourth-order valence-corrected chi connectivity index (χ4v) is 2.89. The van der Waals surface area contributed by atoms with Crippen molar-refractivity contribution in [3.63, 3.8) is 0 Å². The van der Waals surface area contributed by atoms with E-state index in [1.54, 1.807) is 0 Å². The summed E-state index contributed by atoms with van der Waals surface area (Å²) >= 11 is 0. The molecule has 0 spiro atoms. The average molecular weight is 306 g/mol. The number of hydrogen-bond donors (Lipinski definition) is 1. The van der Waals surface area contributed by atoms with Gasteiger partial charge in [-0.3, -0.25) is 4.79 Å². The van der Waals surface area contributed by atoms with Crippen LogP contribution in [-0.4, -0.2) is 11.6 Å². The van der Waals surface area contributed by atoms with Crippen LogP contribution >= 0.6 is 0 Å². The van der Waals surface area contributed by atoms with Crippen molar-refractivity contribution in [2.45, 2.75) is 26.2 Å². The second-order valence-corrected chi connectivity index (χ2v) is 6.35. The fraction of sp³-hybridized carbons (Fsp3) is 0.300. The van der Waals surface area contributed by atoms with Gasteiger partial charge < -0.3 is 0 Å². The van der Waals surface area contributed by atoms with Crippen molar-refractivity contribution in [2.24, 2.45) is 16.9 Å². The van der Waals surface area contributed by atoms with E-state index in [1.807, 2.05) is 48.5 Å². The summed E-state index contributed by atoms with van der Waals surface area (Å²) in [6.07, 6.45) is 0.910. The second kappa shape index (κ2) is 6.78. The molecule has 1 amide bonds. The van der Waals surface area contributed by atoms with E-state index in [1.165, 1.54) is 5.56 Å². The summed E-state index contributed by atoms with van der Waals surface area (Å²) in [6.45, 7) is 4.17. The van der Waals surface area contributed by atoms with Gasteiger partial charge >= 0.3 is 0 Å². The predicted octanol–water partition coefficient (Wildman–Crippen LogP) is 3.97. The number of hydrogen-bond acceptors (Lipinski definition) is 2. The molecule has 1 fully saturated rings. The highest BCUT2D eigenvalue weighted by atomic mass is 16.2. The lowest BCUT2D eigenvalue weighted by molar-refractivity contribution is -0.122. The number of carbonyl (C=O) groups excluding carboxylic acids is 1. The molecule has 118 valence electrons. The molecule has 0 heterocycles. The molecule has 0 bridgehead atoms. The van der Waals surface area contributed by atoms with Crippen LogP contribution in [0.4, 0.5) is 0 Å². The standard InChI is InChI=1S/C20H22N2O/c1-14(2)19(16-11-7-4-8-12-16)21-22-20(23)18-13-17(18)15-9-5-3-6-10-15/h3-12,14,17-18H,13H2,1-2H3,(H,22,23)/t17-,18-/m1/s1. The summed E-state index contributed by atoms with van der Waals surface area (Å²) in [4.78, 5) is 12.3.